The number of aromatic nitrogens is 1. The second-order valence-corrected chi connectivity index (χ2v) is 7.31. The van der Waals surface area contributed by atoms with Gasteiger partial charge in [0, 0.05) is 57.5 Å². The van der Waals surface area contributed by atoms with Crippen LogP contribution in [0.25, 0.3) is 0 Å². The lowest BCUT2D eigenvalue weighted by Crippen LogP contribution is -2.36. The van der Waals surface area contributed by atoms with E-state index in [1.807, 2.05) is 4.90 Å². The predicted octanol–water partition coefficient (Wildman–Crippen LogP) is -0.307. The first-order chi connectivity index (χ1) is 12.1. The van der Waals surface area contributed by atoms with Crippen LogP contribution >= 0.6 is 0 Å². The van der Waals surface area contributed by atoms with E-state index in [4.69, 9.17) is 0 Å². The molecule has 3 heterocycles. The van der Waals surface area contributed by atoms with Crippen LogP contribution in [0.5, 0.6) is 0 Å². The lowest BCUT2D eigenvalue weighted by atomic mass is 9.96. The fourth-order valence-corrected chi connectivity index (χ4v) is 3.86. The van der Waals surface area contributed by atoms with Crippen LogP contribution < -0.4 is 5.56 Å². The van der Waals surface area contributed by atoms with E-state index in [-0.39, 0.29) is 24.0 Å². The van der Waals surface area contributed by atoms with Gasteiger partial charge in [-0.25, -0.2) is 0 Å². The van der Waals surface area contributed by atoms with Crippen LogP contribution in [-0.2, 0) is 0 Å². The number of aliphatic hydroxyl groups excluding tert-OH is 1. The van der Waals surface area contributed by atoms with E-state index in [0.29, 0.717) is 24.6 Å². The number of aromatic amines is 1. The molecule has 1 amide bonds. The van der Waals surface area contributed by atoms with Crippen molar-refractivity contribution in [2.24, 2.45) is 11.8 Å². The number of carbonyl (C=O) groups excluding carboxylic acids is 1. The van der Waals surface area contributed by atoms with Crippen LogP contribution in [0.2, 0.25) is 0 Å². The van der Waals surface area contributed by atoms with Gasteiger partial charge in [-0.1, -0.05) is 0 Å². The molecule has 138 valence electrons. The summed E-state index contributed by atoms with van der Waals surface area (Å²) in [6, 6.07) is 2.94. The Morgan fingerprint density at radius 1 is 1.20 bits per heavy atom. The molecule has 0 spiro atoms. The first kappa shape index (κ1) is 18.1. The fourth-order valence-electron chi connectivity index (χ4n) is 3.86. The van der Waals surface area contributed by atoms with Crippen molar-refractivity contribution in [3.63, 3.8) is 0 Å². The molecule has 2 aliphatic rings. The molecule has 2 atom stereocenters. The van der Waals surface area contributed by atoms with Crippen molar-refractivity contribution in [3.8, 4) is 0 Å². The molecule has 0 aromatic carbocycles. The van der Waals surface area contributed by atoms with E-state index in [9.17, 15) is 14.7 Å². The second-order valence-electron chi connectivity index (χ2n) is 7.31. The zero-order chi connectivity index (χ0) is 17.8. The van der Waals surface area contributed by atoms with Crippen LogP contribution in [0.3, 0.4) is 0 Å². The maximum absolute atomic E-state index is 12.7. The van der Waals surface area contributed by atoms with Gasteiger partial charge in [-0.2, -0.15) is 0 Å². The lowest BCUT2D eigenvalue weighted by molar-refractivity contribution is 0.0778. The van der Waals surface area contributed by atoms with Crippen LogP contribution in [-0.4, -0.2) is 90.2 Å². The largest absolute Gasteiger partial charge is 0.396 e. The zero-order valence-corrected chi connectivity index (χ0v) is 14.9. The summed E-state index contributed by atoms with van der Waals surface area (Å²) < 4.78 is 0. The van der Waals surface area contributed by atoms with Crippen molar-refractivity contribution in [2.75, 3.05) is 59.5 Å². The van der Waals surface area contributed by atoms with E-state index in [1.165, 1.54) is 12.3 Å². The quantitative estimate of drug-likeness (QED) is 0.781. The molecule has 0 aliphatic carbocycles. The second kappa shape index (κ2) is 8.12. The minimum Gasteiger partial charge on any atom is -0.396 e. The summed E-state index contributed by atoms with van der Waals surface area (Å²) in [6.45, 7) is 6.58. The first-order valence-electron chi connectivity index (χ1n) is 9.06. The molecule has 3 rings (SSSR count). The maximum Gasteiger partial charge on any atom is 0.255 e. The third kappa shape index (κ3) is 4.48. The highest BCUT2D eigenvalue weighted by molar-refractivity contribution is 5.94. The number of nitrogens with zero attached hydrogens (tertiary/aromatic N) is 3. The highest BCUT2D eigenvalue weighted by Gasteiger charge is 2.36. The molecule has 0 unspecified atom stereocenters. The third-order valence-electron chi connectivity index (χ3n) is 5.43. The first-order valence-corrected chi connectivity index (χ1v) is 9.06. The Labute approximate surface area is 148 Å². The van der Waals surface area contributed by atoms with Gasteiger partial charge in [0.25, 0.3) is 5.91 Å². The molecular formula is C18H28N4O3. The minimum absolute atomic E-state index is 0.0761. The van der Waals surface area contributed by atoms with Crippen molar-refractivity contribution in [1.29, 1.82) is 0 Å². The van der Waals surface area contributed by atoms with Gasteiger partial charge in [-0.3, -0.25) is 9.59 Å². The van der Waals surface area contributed by atoms with Crippen LogP contribution in [0, 0.1) is 11.8 Å². The molecule has 1 aromatic rings. The predicted molar refractivity (Wildman–Crippen MR) is 95.6 cm³/mol. The summed E-state index contributed by atoms with van der Waals surface area (Å²) in [5, 5.41) is 9.76. The Morgan fingerprint density at radius 2 is 2.00 bits per heavy atom. The van der Waals surface area contributed by atoms with Crippen molar-refractivity contribution < 1.29 is 9.90 Å². The van der Waals surface area contributed by atoms with Gasteiger partial charge in [-0.05, 0) is 38.5 Å². The SMILES string of the molecule is CN1CCCN(C[C@@H]2CN(C(=O)c3ccc(=O)[nH]c3)C[C@@H]2CO)CC1. The number of likely N-dealkylation sites (N-methyl/N-ethyl adjacent to an activating group) is 1. The Hall–Kier alpha value is -1.70. The topological polar surface area (TPSA) is 79.9 Å². The number of H-pyrrole nitrogens is 1. The molecule has 0 radical (unpaired) electrons. The number of hydrogen-bond acceptors (Lipinski definition) is 5. The molecule has 2 fully saturated rings. The van der Waals surface area contributed by atoms with E-state index < -0.39 is 0 Å². The number of nitrogens with one attached hydrogen (secondary N) is 1. The average molecular weight is 348 g/mol. The molecule has 2 saturated heterocycles. The molecule has 2 N–H and O–H groups in total. The van der Waals surface area contributed by atoms with Crippen molar-refractivity contribution >= 4 is 5.91 Å². The van der Waals surface area contributed by atoms with Gasteiger partial charge in [0.1, 0.15) is 0 Å². The van der Waals surface area contributed by atoms with E-state index in [1.54, 1.807) is 6.07 Å². The van der Waals surface area contributed by atoms with E-state index >= 15 is 0 Å². The van der Waals surface area contributed by atoms with Gasteiger partial charge >= 0.3 is 0 Å². The van der Waals surface area contributed by atoms with Gasteiger partial charge in [0.15, 0.2) is 0 Å². The molecule has 25 heavy (non-hydrogen) atoms. The highest BCUT2D eigenvalue weighted by Crippen LogP contribution is 2.25. The van der Waals surface area contributed by atoms with Gasteiger partial charge in [-0.15, -0.1) is 0 Å². The lowest BCUT2D eigenvalue weighted by Gasteiger charge is -2.26. The monoisotopic (exact) mass is 348 g/mol. The van der Waals surface area contributed by atoms with Crippen molar-refractivity contribution in [1.82, 2.24) is 19.7 Å². The number of pyridine rings is 1. The van der Waals surface area contributed by atoms with E-state index in [0.717, 1.165) is 39.1 Å². The van der Waals surface area contributed by atoms with Gasteiger partial charge in [0.2, 0.25) is 5.56 Å². The molecule has 7 nitrogen and oxygen atoms in total. The van der Waals surface area contributed by atoms with Crippen LogP contribution in [0.4, 0.5) is 0 Å². The zero-order valence-electron chi connectivity index (χ0n) is 14.9. The summed E-state index contributed by atoms with van der Waals surface area (Å²) in [7, 11) is 2.15. The van der Waals surface area contributed by atoms with Crippen LogP contribution in [0.1, 0.15) is 16.8 Å². The third-order valence-corrected chi connectivity index (χ3v) is 5.43. The number of hydrogen-bond donors (Lipinski definition) is 2. The number of carbonyl (C=O) groups is 1. The summed E-state index contributed by atoms with van der Waals surface area (Å²) in [6.07, 6.45) is 2.63. The smallest absolute Gasteiger partial charge is 0.255 e. The molecular weight excluding hydrogens is 320 g/mol. The Balaban J connectivity index is 1.62. The fraction of sp³-hybridized carbons (Fsp3) is 0.667. The number of aliphatic hydroxyl groups is 1. The summed E-state index contributed by atoms with van der Waals surface area (Å²) >= 11 is 0. The van der Waals surface area contributed by atoms with Gasteiger partial charge in [0.05, 0.1) is 5.56 Å². The molecule has 7 heteroatoms. The maximum atomic E-state index is 12.7. The summed E-state index contributed by atoms with van der Waals surface area (Å²) in [5.74, 6) is 0.334. The molecule has 0 bridgehead atoms. The Kier molecular flexibility index (Phi) is 5.88. The summed E-state index contributed by atoms with van der Waals surface area (Å²) in [5.41, 5.74) is 0.281. The number of amides is 1. The highest BCUT2D eigenvalue weighted by atomic mass is 16.3. The van der Waals surface area contributed by atoms with E-state index in [2.05, 4.69) is 21.8 Å². The van der Waals surface area contributed by atoms with Crippen molar-refractivity contribution in [3.05, 3.63) is 34.2 Å². The number of likely N-dealkylation sites (tertiary alicyclic amines) is 1. The normalized spacial score (nSPS) is 25.9. The Bertz CT molecular complexity index is 627. The number of rotatable bonds is 4. The van der Waals surface area contributed by atoms with Crippen LogP contribution in [0.15, 0.2) is 23.1 Å². The molecule has 2 aliphatic heterocycles. The Morgan fingerprint density at radius 3 is 2.72 bits per heavy atom. The molecule has 1 aromatic heterocycles. The molecule has 0 saturated carbocycles. The minimum atomic E-state index is -0.213. The average Bonchev–Trinajstić information content (AvgIpc) is 2.91. The van der Waals surface area contributed by atoms with Gasteiger partial charge < -0.3 is 24.8 Å². The standard InChI is InChI=1S/C18H28N4O3/c1-20-5-2-6-21(8-7-20)10-15-11-22(12-16(15)13-23)18(25)14-3-4-17(24)19-9-14/h3-4,9,15-16,23H,2,5-8,10-13H2,1H3,(H,19,24)/t15-,16-/m1/s1. The summed E-state index contributed by atoms with van der Waals surface area (Å²) in [4.78, 5) is 33.0. The van der Waals surface area contributed by atoms with Crippen molar-refractivity contribution in [2.45, 2.75) is 6.42 Å².